The van der Waals surface area contributed by atoms with Gasteiger partial charge >= 0.3 is 0 Å². The van der Waals surface area contributed by atoms with Crippen LogP contribution in [-0.4, -0.2) is 13.2 Å². The first-order chi connectivity index (χ1) is 9.27. The van der Waals surface area contributed by atoms with Crippen LogP contribution in [0.25, 0.3) is 0 Å². The van der Waals surface area contributed by atoms with E-state index in [1.807, 2.05) is 0 Å². The van der Waals surface area contributed by atoms with Crippen molar-refractivity contribution in [1.29, 1.82) is 10.5 Å². The Bertz CT molecular complexity index is 458. The van der Waals surface area contributed by atoms with Gasteiger partial charge in [0.15, 0.2) is 0 Å². The Kier molecular flexibility index (Phi) is 3.64. The van der Waals surface area contributed by atoms with Gasteiger partial charge in [0.25, 0.3) is 0 Å². The Balaban J connectivity index is 2.44. The van der Waals surface area contributed by atoms with Gasteiger partial charge in [-0.15, -0.1) is 0 Å². The molecule has 0 spiro atoms. The minimum Gasteiger partial charge on any atom is -0.381 e. The predicted octanol–water partition coefficient (Wildman–Crippen LogP) is 3.91. The van der Waals surface area contributed by atoms with Crippen LogP contribution in [0.3, 0.4) is 0 Å². The SMILES string of the molecule is COC1CCC2(C)C(CCC2(C)C(C#N)C#N)C1(C)C. The molecular weight excluding hydrogens is 248 g/mol. The molecule has 2 fully saturated rings. The van der Waals surface area contributed by atoms with Crippen LogP contribution in [0, 0.1) is 50.7 Å². The van der Waals surface area contributed by atoms with Crippen molar-refractivity contribution in [2.45, 2.75) is 59.5 Å². The number of ether oxygens (including phenoxy) is 1. The van der Waals surface area contributed by atoms with Crippen molar-refractivity contribution in [3.63, 3.8) is 0 Å². The van der Waals surface area contributed by atoms with Crippen molar-refractivity contribution in [3.05, 3.63) is 0 Å². The van der Waals surface area contributed by atoms with Crippen LogP contribution in [0.1, 0.15) is 53.4 Å². The van der Waals surface area contributed by atoms with Gasteiger partial charge in [0.2, 0.25) is 0 Å². The summed E-state index contributed by atoms with van der Waals surface area (Å²) in [4.78, 5) is 0. The number of rotatable bonds is 2. The second-order valence-electron chi connectivity index (χ2n) is 7.70. The second kappa shape index (κ2) is 4.74. The van der Waals surface area contributed by atoms with E-state index in [-0.39, 0.29) is 22.3 Å². The highest BCUT2D eigenvalue weighted by atomic mass is 16.5. The predicted molar refractivity (Wildman–Crippen MR) is 77.5 cm³/mol. The highest BCUT2D eigenvalue weighted by Gasteiger charge is 2.64. The molecule has 0 radical (unpaired) electrons. The van der Waals surface area contributed by atoms with Crippen molar-refractivity contribution in [2.24, 2.45) is 28.1 Å². The maximum atomic E-state index is 9.39. The first-order valence-corrected chi connectivity index (χ1v) is 7.60. The molecule has 3 heteroatoms. The number of methoxy groups -OCH3 is 1. The zero-order chi connectivity index (χ0) is 15.2. The molecule has 0 aromatic rings. The zero-order valence-electron chi connectivity index (χ0n) is 13.4. The van der Waals surface area contributed by atoms with Gasteiger partial charge in [0, 0.05) is 12.5 Å². The molecule has 4 atom stereocenters. The molecule has 4 unspecified atom stereocenters. The van der Waals surface area contributed by atoms with Crippen molar-refractivity contribution < 1.29 is 4.74 Å². The van der Waals surface area contributed by atoms with Crippen LogP contribution in [0.4, 0.5) is 0 Å². The number of fused-ring (bicyclic) bond motifs is 1. The topological polar surface area (TPSA) is 56.8 Å². The fraction of sp³-hybridized carbons (Fsp3) is 0.882. The van der Waals surface area contributed by atoms with Crippen LogP contribution in [0.2, 0.25) is 0 Å². The molecule has 3 nitrogen and oxygen atoms in total. The fourth-order valence-corrected chi connectivity index (χ4v) is 5.34. The van der Waals surface area contributed by atoms with Gasteiger partial charge in [-0.1, -0.05) is 27.7 Å². The highest BCUT2D eigenvalue weighted by Crippen LogP contribution is 2.69. The van der Waals surface area contributed by atoms with Gasteiger partial charge in [0.05, 0.1) is 18.2 Å². The summed E-state index contributed by atoms with van der Waals surface area (Å²) >= 11 is 0. The van der Waals surface area contributed by atoms with Crippen molar-refractivity contribution in [2.75, 3.05) is 7.11 Å². The van der Waals surface area contributed by atoms with Crippen LogP contribution in [-0.2, 0) is 4.74 Å². The van der Waals surface area contributed by atoms with Crippen molar-refractivity contribution in [1.82, 2.24) is 0 Å². The summed E-state index contributed by atoms with van der Waals surface area (Å²) in [7, 11) is 1.80. The van der Waals surface area contributed by atoms with E-state index in [1.165, 1.54) is 0 Å². The van der Waals surface area contributed by atoms with E-state index in [9.17, 15) is 10.5 Å². The van der Waals surface area contributed by atoms with E-state index in [4.69, 9.17) is 4.74 Å². The number of hydrogen-bond donors (Lipinski definition) is 0. The molecule has 0 heterocycles. The normalized spacial score (nSPS) is 42.8. The maximum Gasteiger partial charge on any atom is 0.139 e. The molecule has 0 aromatic carbocycles. The third-order valence-electron chi connectivity index (χ3n) is 6.86. The van der Waals surface area contributed by atoms with Crippen LogP contribution in [0.5, 0.6) is 0 Å². The number of nitrogens with zero attached hydrogens (tertiary/aromatic N) is 2. The van der Waals surface area contributed by atoms with E-state index in [1.54, 1.807) is 7.11 Å². The molecule has 0 amide bonds. The smallest absolute Gasteiger partial charge is 0.139 e. The Morgan fingerprint density at radius 2 is 1.65 bits per heavy atom. The average molecular weight is 274 g/mol. The molecule has 0 bridgehead atoms. The molecule has 0 saturated heterocycles. The first kappa shape index (κ1) is 15.3. The molecule has 0 aliphatic heterocycles. The Hall–Kier alpha value is -1.06. The highest BCUT2D eigenvalue weighted by molar-refractivity contribution is 5.19. The molecule has 0 N–H and O–H groups in total. The van der Waals surface area contributed by atoms with E-state index < -0.39 is 5.92 Å². The summed E-state index contributed by atoms with van der Waals surface area (Å²) in [6.45, 7) is 9.05. The zero-order valence-corrected chi connectivity index (χ0v) is 13.4. The minimum absolute atomic E-state index is 0.0572. The van der Waals surface area contributed by atoms with Gasteiger partial charge in [-0.05, 0) is 42.4 Å². The number of nitriles is 2. The number of hydrogen-bond acceptors (Lipinski definition) is 3. The molecule has 2 aliphatic carbocycles. The van der Waals surface area contributed by atoms with Gasteiger partial charge in [-0.25, -0.2) is 0 Å². The molecule has 2 aliphatic rings. The van der Waals surface area contributed by atoms with E-state index in [0.29, 0.717) is 5.92 Å². The molecule has 110 valence electrons. The van der Waals surface area contributed by atoms with Crippen LogP contribution >= 0.6 is 0 Å². The lowest BCUT2D eigenvalue weighted by Gasteiger charge is -2.56. The summed E-state index contributed by atoms with van der Waals surface area (Å²) in [5.74, 6) is 0.00953. The van der Waals surface area contributed by atoms with Gasteiger partial charge in [-0.3, -0.25) is 0 Å². The quantitative estimate of drug-likeness (QED) is 0.767. The van der Waals surface area contributed by atoms with Crippen molar-refractivity contribution in [3.8, 4) is 12.1 Å². The molecule has 2 rings (SSSR count). The molecular formula is C17H26N2O. The lowest BCUT2D eigenvalue weighted by atomic mass is 9.49. The lowest BCUT2D eigenvalue weighted by molar-refractivity contribution is -0.128. The third-order valence-corrected chi connectivity index (χ3v) is 6.86. The summed E-state index contributed by atoms with van der Waals surface area (Å²) < 4.78 is 5.71. The minimum atomic E-state index is -0.507. The maximum absolute atomic E-state index is 9.39. The molecule has 0 aromatic heterocycles. The fourth-order valence-electron chi connectivity index (χ4n) is 5.34. The summed E-state index contributed by atoms with van der Waals surface area (Å²) in [5, 5.41) is 18.8. The molecule has 2 saturated carbocycles. The van der Waals surface area contributed by atoms with Gasteiger partial charge in [-0.2, -0.15) is 10.5 Å². The van der Waals surface area contributed by atoms with Gasteiger partial charge < -0.3 is 4.74 Å². The van der Waals surface area contributed by atoms with Crippen molar-refractivity contribution >= 4 is 0 Å². The van der Waals surface area contributed by atoms with Crippen LogP contribution in [0.15, 0.2) is 0 Å². The van der Waals surface area contributed by atoms with E-state index in [2.05, 4.69) is 39.8 Å². The summed E-state index contributed by atoms with van der Waals surface area (Å²) in [6.07, 6.45) is 4.43. The Morgan fingerprint density at radius 1 is 1.05 bits per heavy atom. The second-order valence-corrected chi connectivity index (χ2v) is 7.70. The van der Waals surface area contributed by atoms with Gasteiger partial charge in [0.1, 0.15) is 5.92 Å². The average Bonchev–Trinajstić information content (AvgIpc) is 2.65. The Morgan fingerprint density at radius 3 is 2.15 bits per heavy atom. The molecule has 20 heavy (non-hydrogen) atoms. The van der Waals surface area contributed by atoms with E-state index in [0.717, 1.165) is 25.7 Å². The van der Waals surface area contributed by atoms with E-state index >= 15 is 0 Å². The monoisotopic (exact) mass is 274 g/mol. The standard InChI is InChI=1S/C17H26N2O/c1-15(2)13-6-8-16(3,12(10-18)11-19)17(13,4)9-7-14(15)20-5/h12-14H,6-9H2,1-5H3. The van der Waals surface area contributed by atoms with Crippen LogP contribution < -0.4 is 0 Å². The Labute approximate surface area is 122 Å². The summed E-state index contributed by atoms with van der Waals surface area (Å²) in [5.41, 5.74) is -0.0340. The summed E-state index contributed by atoms with van der Waals surface area (Å²) in [6, 6.07) is 4.51. The third kappa shape index (κ3) is 1.73. The first-order valence-electron chi connectivity index (χ1n) is 7.60. The lowest BCUT2D eigenvalue weighted by Crippen LogP contribution is -2.53. The largest absolute Gasteiger partial charge is 0.381 e.